The van der Waals surface area contributed by atoms with Gasteiger partial charge >= 0.3 is 0 Å². The van der Waals surface area contributed by atoms with E-state index >= 15 is 0 Å². The summed E-state index contributed by atoms with van der Waals surface area (Å²) in [5.74, 6) is -0.732. The SMILES string of the molecule is CCNc1nc(C)nc(Nc2cc(S(=O)(=O)O)cc3cc(S(=O)(=O)O)c(N=Nc4ccc5ccccc5c4S(=O)(=O)O)c(O)c23)n1. The highest BCUT2D eigenvalue weighted by molar-refractivity contribution is 7.86. The van der Waals surface area contributed by atoms with Gasteiger partial charge < -0.3 is 15.7 Å². The molecule has 1 heterocycles. The number of hydrogen-bond donors (Lipinski definition) is 6. The van der Waals surface area contributed by atoms with E-state index in [0.717, 1.165) is 18.2 Å². The number of aromatic nitrogens is 3. The molecule has 0 saturated heterocycles. The molecule has 0 aliphatic rings. The number of phenolic OH excluding ortho intramolecular Hbond substituents is 1. The Morgan fingerprint density at radius 3 is 2.13 bits per heavy atom. The third-order valence-corrected chi connectivity index (χ3v) is 9.05. The molecule has 0 radical (unpaired) electrons. The summed E-state index contributed by atoms with van der Waals surface area (Å²) in [5.41, 5.74) is -1.59. The van der Waals surface area contributed by atoms with Gasteiger partial charge in [-0.3, -0.25) is 13.7 Å². The number of nitrogens with one attached hydrogen (secondary N) is 2. The molecule has 20 heteroatoms. The smallest absolute Gasteiger partial charge is 0.297 e. The highest BCUT2D eigenvalue weighted by Crippen LogP contribution is 2.46. The number of aryl methyl sites for hydroxylation is 1. The third-order valence-electron chi connectivity index (χ3n) is 6.40. The van der Waals surface area contributed by atoms with Crippen LogP contribution < -0.4 is 10.6 Å². The summed E-state index contributed by atoms with van der Waals surface area (Å²) in [7, 11) is -15.0. The first-order valence-corrected chi connectivity index (χ1v) is 17.2. The Balaban J connectivity index is 1.80. The fraction of sp³-hybridized carbons (Fsp3) is 0.115. The Morgan fingerprint density at radius 1 is 0.783 bits per heavy atom. The third kappa shape index (κ3) is 6.56. The Morgan fingerprint density at radius 2 is 1.48 bits per heavy atom. The molecule has 17 nitrogen and oxygen atoms in total. The van der Waals surface area contributed by atoms with Crippen LogP contribution in [0.5, 0.6) is 5.75 Å². The van der Waals surface area contributed by atoms with Gasteiger partial charge in [-0.25, -0.2) is 0 Å². The lowest BCUT2D eigenvalue weighted by Gasteiger charge is -2.15. The second-order valence-electron chi connectivity index (χ2n) is 9.59. The van der Waals surface area contributed by atoms with Crippen LogP contribution in [0.3, 0.4) is 0 Å². The molecule has 0 fully saturated rings. The molecule has 1 aromatic heterocycles. The van der Waals surface area contributed by atoms with Crippen molar-refractivity contribution in [3.8, 4) is 5.75 Å². The zero-order valence-corrected chi connectivity index (χ0v) is 26.1. The van der Waals surface area contributed by atoms with Crippen LogP contribution in [0.4, 0.5) is 29.0 Å². The largest absolute Gasteiger partial charge is 0.505 e. The molecule has 0 amide bonds. The lowest BCUT2D eigenvalue weighted by Crippen LogP contribution is -2.08. The van der Waals surface area contributed by atoms with E-state index in [2.05, 4.69) is 35.8 Å². The normalized spacial score (nSPS) is 12.6. The van der Waals surface area contributed by atoms with Crippen molar-refractivity contribution >= 4 is 80.9 Å². The minimum atomic E-state index is -5.22. The number of phenols is 1. The Hall–Kier alpha value is -4.86. The fourth-order valence-corrected chi connectivity index (χ4v) is 6.62. The molecular formula is C26H23N7O10S3. The van der Waals surface area contributed by atoms with Gasteiger partial charge in [0.15, 0.2) is 5.75 Å². The number of azo groups is 1. The average molecular weight is 690 g/mol. The highest BCUT2D eigenvalue weighted by Gasteiger charge is 2.27. The second-order valence-corrected chi connectivity index (χ2v) is 13.8. The molecule has 0 aliphatic carbocycles. The molecule has 240 valence electrons. The molecule has 5 aromatic rings. The van der Waals surface area contributed by atoms with Crippen LogP contribution in [0.25, 0.3) is 21.5 Å². The number of hydrogen-bond acceptors (Lipinski definition) is 14. The standard InChI is InChI=1S/C26H23N7O10S3/c1-3-27-25-28-13(2)29-26(31-25)30-19-12-16(44(35,36)37)10-15-11-20(45(38,39)40)22(23(34)21(15)19)33-32-18-9-8-14-6-4-5-7-17(14)24(18)46(41,42)43/h4-12,34H,3H2,1-2H3,(H,35,36,37)(H,38,39,40)(H,41,42,43)(H2,27,28,29,30,31). The summed E-state index contributed by atoms with van der Waals surface area (Å²) < 4.78 is 104. The van der Waals surface area contributed by atoms with E-state index in [4.69, 9.17) is 0 Å². The highest BCUT2D eigenvalue weighted by atomic mass is 32.2. The first-order valence-electron chi connectivity index (χ1n) is 12.9. The van der Waals surface area contributed by atoms with Crippen molar-refractivity contribution in [2.75, 3.05) is 17.2 Å². The molecule has 0 bridgehead atoms. The number of rotatable bonds is 9. The Labute approximate surface area is 261 Å². The van der Waals surface area contributed by atoms with Crippen LogP contribution in [0.2, 0.25) is 0 Å². The van der Waals surface area contributed by atoms with Crippen LogP contribution in [-0.4, -0.2) is 65.5 Å². The monoisotopic (exact) mass is 689 g/mol. The molecular weight excluding hydrogens is 667 g/mol. The maximum absolute atomic E-state index is 12.4. The van der Waals surface area contributed by atoms with Crippen molar-refractivity contribution in [2.24, 2.45) is 10.2 Å². The average Bonchev–Trinajstić information content (AvgIpc) is 2.94. The van der Waals surface area contributed by atoms with Crippen molar-refractivity contribution in [3.63, 3.8) is 0 Å². The zero-order valence-electron chi connectivity index (χ0n) is 23.6. The van der Waals surface area contributed by atoms with Crippen LogP contribution in [-0.2, 0) is 30.4 Å². The summed E-state index contributed by atoms with van der Waals surface area (Å²) in [6, 6.07) is 11.2. The van der Waals surface area contributed by atoms with E-state index in [9.17, 15) is 44.0 Å². The predicted octanol–water partition coefficient (Wildman–Crippen LogP) is 4.52. The van der Waals surface area contributed by atoms with E-state index in [1.807, 2.05) is 0 Å². The lowest BCUT2D eigenvalue weighted by molar-refractivity contribution is 0.472. The van der Waals surface area contributed by atoms with Crippen molar-refractivity contribution in [1.82, 2.24) is 15.0 Å². The predicted molar refractivity (Wildman–Crippen MR) is 165 cm³/mol. The van der Waals surface area contributed by atoms with Gasteiger partial charge in [-0.15, -0.1) is 10.2 Å². The van der Waals surface area contributed by atoms with Crippen LogP contribution in [0.1, 0.15) is 12.7 Å². The fourth-order valence-electron chi connectivity index (χ4n) is 4.58. The van der Waals surface area contributed by atoms with Gasteiger partial charge in [0.25, 0.3) is 30.4 Å². The van der Waals surface area contributed by atoms with Gasteiger partial charge in [0.2, 0.25) is 11.9 Å². The van der Waals surface area contributed by atoms with Gasteiger partial charge in [-0.2, -0.15) is 40.2 Å². The minimum Gasteiger partial charge on any atom is -0.505 e. The maximum atomic E-state index is 12.4. The van der Waals surface area contributed by atoms with Crippen molar-refractivity contribution in [3.05, 3.63) is 60.4 Å². The molecule has 5 rings (SSSR count). The molecule has 0 saturated carbocycles. The minimum absolute atomic E-state index is 0.0630. The number of benzene rings is 4. The van der Waals surface area contributed by atoms with E-state index < -0.39 is 62.2 Å². The molecule has 4 aromatic carbocycles. The molecule has 0 unspecified atom stereocenters. The molecule has 0 spiro atoms. The summed E-state index contributed by atoms with van der Waals surface area (Å²) in [5, 5.41) is 24.4. The van der Waals surface area contributed by atoms with E-state index in [1.54, 1.807) is 26.0 Å². The van der Waals surface area contributed by atoms with Crippen molar-refractivity contribution in [1.29, 1.82) is 0 Å². The van der Waals surface area contributed by atoms with Gasteiger partial charge in [0.05, 0.1) is 10.6 Å². The molecule has 6 N–H and O–H groups in total. The topological polar surface area (TPSA) is 271 Å². The van der Waals surface area contributed by atoms with Gasteiger partial charge in [0.1, 0.15) is 27.0 Å². The lowest BCUT2D eigenvalue weighted by atomic mass is 10.1. The van der Waals surface area contributed by atoms with Crippen molar-refractivity contribution in [2.45, 2.75) is 28.5 Å². The van der Waals surface area contributed by atoms with Crippen LogP contribution >= 0.6 is 0 Å². The molecule has 46 heavy (non-hydrogen) atoms. The van der Waals surface area contributed by atoms with Gasteiger partial charge in [-0.05, 0) is 48.9 Å². The Bertz CT molecular complexity index is 2420. The first-order chi connectivity index (χ1) is 21.5. The number of aromatic hydroxyl groups is 1. The van der Waals surface area contributed by atoms with Gasteiger partial charge in [-0.1, -0.05) is 30.3 Å². The quantitative estimate of drug-likeness (QED) is 0.0917. The Kier molecular flexibility index (Phi) is 8.36. The molecule has 0 atom stereocenters. The number of anilines is 3. The van der Waals surface area contributed by atoms with Crippen LogP contribution in [0.15, 0.2) is 79.5 Å². The second kappa shape index (κ2) is 11.8. The zero-order chi connectivity index (χ0) is 33.6. The van der Waals surface area contributed by atoms with Crippen LogP contribution in [0, 0.1) is 6.92 Å². The first kappa shape index (κ1) is 32.5. The van der Waals surface area contributed by atoms with E-state index in [-0.39, 0.29) is 39.6 Å². The molecule has 0 aliphatic heterocycles. The van der Waals surface area contributed by atoms with Crippen molar-refractivity contribution < 1.29 is 44.0 Å². The summed E-state index contributed by atoms with van der Waals surface area (Å²) in [6.45, 7) is 3.77. The van der Waals surface area contributed by atoms with Gasteiger partial charge in [0, 0.05) is 17.3 Å². The summed E-state index contributed by atoms with van der Waals surface area (Å²) >= 11 is 0. The number of nitrogens with zero attached hydrogens (tertiary/aromatic N) is 5. The maximum Gasteiger partial charge on any atom is 0.297 e. The van der Waals surface area contributed by atoms with E-state index in [1.165, 1.54) is 24.3 Å². The summed E-state index contributed by atoms with van der Waals surface area (Å²) in [4.78, 5) is 9.95. The number of fused-ring (bicyclic) bond motifs is 2. The summed E-state index contributed by atoms with van der Waals surface area (Å²) in [6.07, 6.45) is 0. The van der Waals surface area contributed by atoms with E-state index in [0.29, 0.717) is 11.9 Å².